The molecule has 4 bridgehead atoms. The van der Waals surface area contributed by atoms with Gasteiger partial charge in [-0.2, -0.15) is 9.78 Å². The zero-order chi connectivity index (χ0) is 27.8. The minimum atomic E-state index is -0.455. The number of carbonyl (C=O) groups is 1. The fourth-order valence-corrected chi connectivity index (χ4v) is 8.90. The molecular formula is C29H30BrN5O5. The van der Waals surface area contributed by atoms with E-state index in [-0.39, 0.29) is 28.4 Å². The van der Waals surface area contributed by atoms with Crippen LogP contribution in [0.2, 0.25) is 0 Å². The first-order valence-corrected chi connectivity index (χ1v) is 14.6. The highest BCUT2D eigenvalue weighted by atomic mass is 79.9. The van der Waals surface area contributed by atoms with E-state index in [0.717, 1.165) is 44.3 Å². The van der Waals surface area contributed by atoms with Gasteiger partial charge in [-0.15, -0.1) is 0 Å². The molecule has 3 unspecified atom stereocenters. The van der Waals surface area contributed by atoms with E-state index in [4.69, 9.17) is 9.52 Å². The second-order valence-electron chi connectivity index (χ2n) is 12.3. The molecule has 1 amide bonds. The molecule has 208 valence electrons. The molecule has 0 spiro atoms. The van der Waals surface area contributed by atoms with Gasteiger partial charge in [0.15, 0.2) is 0 Å². The van der Waals surface area contributed by atoms with Gasteiger partial charge in [0.25, 0.3) is 0 Å². The second kappa shape index (κ2) is 9.02. The van der Waals surface area contributed by atoms with Crippen LogP contribution in [0.15, 0.2) is 56.6 Å². The summed E-state index contributed by atoms with van der Waals surface area (Å²) in [6.07, 6.45) is 8.20. The molecule has 0 radical (unpaired) electrons. The summed E-state index contributed by atoms with van der Waals surface area (Å²) < 4.78 is 8.05. The summed E-state index contributed by atoms with van der Waals surface area (Å²) in [5.41, 5.74) is 0.791. The molecule has 3 atom stereocenters. The number of hydrazone groups is 1. The van der Waals surface area contributed by atoms with Crippen LogP contribution < -0.4 is 0 Å². The predicted molar refractivity (Wildman–Crippen MR) is 149 cm³/mol. The van der Waals surface area contributed by atoms with Gasteiger partial charge >= 0.3 is 5.82 Å². The third-order valence-corrected chi connectivity index (χ3v) is 10.0. The summed E-state index contributed by atoms with van der Waals surface area (Å²) >= 11 is 3.33. The first kappa shape index (κ1) is 25.5. The lowest BCUT2D eigenvalue weighted by Gasteiger charge is -2.61. The molecule has 1 aliphatic heterocycles. The van der Waals surface area contributed by atoms with Crippen LogP contribution in [0.25, 0.3) is 0 Å². The van der Waals surface area contributed by atoms with Crippen molar-refractivity contribution in [3.05, 3.63) is 74.3 Å². The van der Waals surface area contributed by atoms with Crippen molar-refractivity contribution in [2.24, 2.45) is 22.4 Å². The van der Waals surface area contributed by atoms with Crippen molar-refractivity contribution in [1.29, 1.82) is 0 Å². The van der Waals surface area contributed by atoms with Gasteiger partial charge < -0.3 is 19.6 Å². The average Bonchev–Trinajstić information content (AvgIpc) is 3.61. The molecule has 4 fully saturated rings. The van der Waals surface area contributed by atoms with E-state index >= 15 is 0 Å². The number of nitro groups is 1. The van der Waals surface area contributed by atoms with Crippen LogP contribution in [0.3, 0.4) is 0 Å². The van der Waals surface area contributed by atoms with Crippen LogP contribution >= 0.6 is 15.9 Å². The van der Waals surface area contributed by atoms with Crippen molar-refractivity contribution < 1.29 is 19.2 Å². The summed E-state index contributed by atoms with van der Waals surface area (Å²) in [6, 6.07) is 10.4. The number of para-hydroxylation sites is 1. The smallest absolute Gasteiger partial charge is 0.404 e. The van der Waals surface area contributed by atoms with Gasteiger partial charge in [0.1, 0.15) is 27.5 Å². The number of phenols is 1. The highest BCUT2D eigenvalue weighted by molar-refractivity contribution is 9.10. The summed E-state index contributed by atoms with van der Waals surface area (Å²) in [6.45, 7) is 1.87. The van der Waals surface area contributed by atoms with Crippen molar-refractivity contribution in [3.8, 4) is 5.75 Å². The van der Waals surface area contributed by atoms with Crippen LogP contribution in [-0.2, 0) is 10.3 Å². The van der Waals surface area contributed by atoms with Crippen molar-refractivity contribution in [1.82, 2.24) is 14.8 Å². The van der Waals surface area contributed by atoms with Gasteiger partial charge in [-0.25, -0.2) is 5.01 Å². The number of hydrogen-bond acceptors (Lipinski definition) is 7. The van der Waals surface area contributed by atoms with E-state index in [1.54, 1.807) is 23.3 Å². The summed E-state index contributed by atoms with van der Waals surface area (Å²) in [5, 5.41) is 33.0. The molecule has 2 aromatic heterocycles. The molecule has 3 heterocycles. The van der Waals surface area contributed by atoms with Gasteiger partial charge in [0.05, 0.1) is 22.9 Å². The molecule has 5 aliphatic rings. The van der Waals surface area contributed by atoms with E-state index < -0.39 is 11.0 Å². The van der Waals surface area contributed by atoms with Gasteiger partial charge in [-0.1, -0.05) is 18.2 Å². The molecule has 1 aromatic carbocycles. The number of halogens is 1. The number of aryl methyl sites for hydroxylation is 1. The third-order valence-electron chi connectivity index (χ3n) is 9.47. The van der Waals surface area contributed by atoms with Crippen LogP contribution in [-0.4, -0.2) is 36.4 Å². The number of carbonyl (C=O) groups excluding carboxylic acids is 1. The van der Waals surface area contributed by atoms with Gasteiger partial charge in [-0.05, 0) is 102 Å². The Morgan fingerprint density at radius 2 is 1.95 bits per heavy atom. The zero-order valence-corrected chi connectivity index (χ0v) is 23.7. The van der Waals surface area contributed by atoms with E-state index in [0.29, 0.717) is 46.2 Å². The maximum absolute atomic E-state index is 14.2. The number of benzene rings is 1. The number of nitrogens with zero attached hydrogens (tertiary/aromatic N) is 5. The Kier molecular flexibility index (Phi) is 5.75. The molecule has 4 saturated carbocycles. The quantitative estimate of drug-likeness (QED) is 0.261. The second-order valence-corrected chi connectivity index (χ2v) is 13.2. The normalized spacial score (nSPS) is 30.6. The highest BCUT2D eigenvalue weighted by Crippen LogP contribution is 2.65. The molecule has 8 rings (SSSR count). The molecule has 40 heavy (non-hydrogen) atoms. The Hall–Kier alpha value is -3.47. The van der Waals surface area contributed by atoms with Crippen molar-refractivity contribution in [2.45, 2.75) is 69.9 Å². The first-order valence-electron chi connectivity index (χ1n) is 13.8. The Labute approximate surface area is 239 Å². The van der Waals surface area contributed by atoms with Crippen molar-refractivity contribution in [2.75, 3.05) is 0 Å². The molecule has 1 N–H and O–H groups in total. The van der Waals surface area contributed by atoms with Crippen LogP contribution in [0.1, 0.15) is 74.5 Å². The first-order chi connectivity index (χ1) is 19.1. The Bertz CT molecular complexity index is 1550. The molecule has 11 heteroatoms. The molecule has 3 aromatic rings. The van der Waals surface area contributed by atoms with E-state index in [1.807, 2.05) is 35.9 Å². The number of aromatic nitrogens is 2. The number of rotatable bonds is 6. The van der Waals surface area contributed by atoms with Crippen molar-refractivity contribution >= 4 is 33.4 Å². The van der Waals surface area contributed by atoms with E-state index in [9.17, 15) is 20.0 Å². The fourth-order valence-electron chi connectivity index (χ4n) is 8.48. The van der Waals surface area contributed by atoms with Crippen LogP contribution in [0.5, 0.6) is 5.75 Å². The molecule has 4 aliphatic carbocycles. The van der Waals surface area contributed by atoms with Crippen LogP contribution in [0, 0.1) is 34.3 Å². The Balaban J connectivity index is 1.21. The van der Waals surface area contributed by atoms with E-state index in [2.05, 4.69) is 21.0 Å². The summed E-state index contributed by atoms with van der Waals surface area (Å²) in [4.78, 5) is 25.3. The minimum absolute atomic E-state index is 0.0729. The number of phenolic OH excluding ortho intramolecular Hbond substituents is 1. The topological polar surface area (TPSA) is 127 Å². The third kappa shape index (κ3) is 4.08. The lowest BCUT2D eigenvalue weighted by Crippen LogP contribution is -2.57. The van der Waals surface area contributed by atoms with E-state index in [1.165, 1.54) is 0 Å². The predicted octanol–water partition coefficient (Wildman–Crippen LogP) is 6.22. The van der Waals surface area contributed by atoms with Crippen LogP contribution in [0.4, 0.5) is 5.82 Å². The minimum Gasteiger partial charge on any atom is -0.508 e. The molecule has 10 nitrogen and oxygen atoms in total. The van der Waals surface area contributed by atoms with Gasteiger partial charge in [0.2, 0.25) is 5.91 Å². The monoisotopic (exact) mass is 607 g/mol. The number of aromatic hydroxyl groups is 1. The Morgan fingerprint density at radius 3 is 2.60 bits per heavy atom. The lowest BCUT2D eigenvalue weighted by atomic mass is 9.46. The zero-order valence-electron chi connectivity index (χ0n) is 22.1. The standard InChI is InChI=1S/C29H30BrN5O5/c1-17-6-7-25(40-17)22-9-23(20-4-2-3-5-24(20)36)34(31-22)26(37)14-28-10-18-8-19(11-28)13-29(12-18,16-28)33-15-21(30)27(32-33)35(38)39/h2-7,15,18-19,23,36H,8-14,16H2,1H3. The summed E-state index contributed by atoms with van der Waals surface area (Å²) in [7, 11) is 0. The maximum Gasteiger partial charge on any atom is 0.404 e. The van der Waals surface area contributed by atoms with Crippen molar-refractivity contribution in [3.63, 3.8) is 0 Å². The van der Waals surface area contributed by atoms with Gasteiger partial charge in [-0.3, -0.25) is 4.79 Å². The fraction of sp³-hybridized carbons (Fsp3) is 0.483. The lowest BCUT2D eigenvalue weighted by molar-refractivity contribution is -0.390. The number of furan rings is 1. The number of hydrogen-bond donors (Lipinski definition) is 1. The number of amides is 1. The summed E-state index contributed by atoms with van der Waals surface area (Å²) in [5.74, 6) is 2.20. The van der Waals surface area contributed by atoms with Gasteiger partial charge in [0, 0.05) is 18.4 Å². The largest absolute Gasteiger partial charge is 0.508 e. The SMILES string of the molecule is Cc1ccc(C2=NN(C(=O)CC34CC5CC(C3)CC(n3cc(Br)c([N+](=O)[O-])n3)(C5)C4)C(c3ccccc3O)C2)o1. The Morgan fingerprint density at radius 1 is 1.20 bits per heavy atom. The maximum atomic E-state index is 14.2. The molecule has 0 saturated heterocycles. The molecular weight excluding hydrogens is 578 g/mol. The highest BCUT2D eigenvalue weighted by Gasteiger charge is 2.61. The average molecular weight is 608 g/mol.